The Balaban J connectivity index is 2.37. The second-order valence-corrected chi connectivity index (χ2v) is 5.12. The third kappa shape index (κ3) is 3.65. The zero-order valence-electron chi connectivity index (χ0n) is 12.6. The number of nitro benzene ring substituents is 1. The number of hydrogen-bond acceptors (Lipinski definition) is 6. The average molecular weight is 319 g/mol. The van der Waals surface area contributed by atoms with E-state index in [0.29, 0.717) is 24.2 Å². The number of amides is 1. The molecule has 1 heterocycles. The second kappa shape index (κ2) is 6.91. The largest absolute Gasteiger partial charge is 0.466 e. The molecule has 2 rings (SSSR count). The first-order valence-corrected chi connectivity index (χ1v) is 7.04. The molecule has 1 atom stereocenters. The van der Waals surface area contributed by atoms with Crippen molar-refractivity contribution in [3.05, 3.63) is 40.0 Å². The molecule has 0 bridgehead atoms. The fraction of sp³-hybridized carbons (Fsp3) is 0.333. The van der Waals surface area contributed by atoms with Gasteiger partial charge < -0.3 is 15.4 Å². The van der Waals surface area contributed by atoms with E-state index in [1.54, 1.807) is 17.0 Å². The molecule has 1 aromatic rings. The fourth-order valence-corrected chi connectivity index (χ4v) is 2.62. The van der Waals surface area contributed by atoms with E-state index in [1.807, 2.05) is 0 Å². The molecule has 0 aromatic heterocycles. The number of anilines is 1. The van der Waals surface area contributed by atoms with Gasteiger partial charge in [0.25, 0.3) is 5.69 Å². The minimum absolute atomic E-state index is 0.134. The van der Waals surface area contributed by atoms with Crippen LogP contribution in [0.5, 0.6) is 0 Å². The Kier molecular flexibility index (Phi) is 4.95. The molecular formula is C15H17N3O5. The number of carbonyl (C=O) groups is 2. The number of carbonyl (C=O) groups excluding carboxylic acids is 2. The Morgan fingerprint density at radius 2 is 2.22 bits per heavy atom. The Morgan fingerprint density at radius 1 is 1.48 bits per heavy atom. The van der Waals surface area contributed by atoms with Crippen LogP contribution in [0.2, 0.25) is 0 Å². The second-order valence-electron chi connectivity index (χ2n) is 5.12. The van der Waals surface area contributed by atoms with Crippen molar-refractivity contribution < 1.29 is 19.2 Å². The van der Waals surface area contributed by atoms with Gasteiger partial charge in [0.1, 0.15) is 11.7 Å². The highest BCUT2D eigenvalue weighted by Gasteiger charge is 2.33. The topological polar surface area (TPSA) is 116 Å². The van der Waals surface area contributed by atoms with Gasteiger partial charge in [-0.05, 0) is 30.5 Å². The highest BCUT2D eigenvalue weighted by atomic mass is 16.6. The summed E-state index contributed by atoms with van der Waals surface area (Å²) in [6.07, 6.45) is 3.93. The summed E-state index contributed by atoms with van der Waals surface area (Å²) in [7, 11) is 1.25. The molecule has 1 fully saturated rings. The Morgan fingerprint density at radius 3 is 2.83 bits per heavy atom. The highest BCUT2D eigenvalue weighted by Crippen LogP contribution is 2.34. The predicted octanol–water partition coefficient (Wildman–Crippen LogP) is 1.24. The van der Waals surface area contributed by atoms with E-state index in [1.165, 1.54) is 25.3 Å². The van der Waals surface area contributed by atoms with Crippen LogP contribution in [0.3, 0.4) is 0 Å². The number of methoxy groups -OCH3 is 1. The molecule has 8 nitrogen and oxygen atoms in total. The van der Waals surface area contributed by atoms with Gasteiger partial charge in [0.05, 0.1) is 12.0 Å². The molecule has 0 saturated carbocycles. The van der Waals surface area contributed by atoms with Gasteiger partial charge in [0.2, 0.25) is 5.91 Å². The van der Waals surface area contributed by atoms with Gasteiger partial charge >= 0.3 is 5.97 Å². The smallest absolute Gasteiger partial charge is 0.330 e. The normalized spacial score (nSPS) is 17.4. The van der Waals surface area contributed by atoms with E-state index >= 15 is 0 Å². The zero-order chi connectivity index (χ0) is 17.0. The molecule has 0 aliphatic carbocycles. The third-order valence-corrected chi connectivity index (χ3v) is 3.70. The molecule has 1 amide bonds. The highest BCUT2D eigenvalue weighted by molar-refractivity contribution is 5.88. The van der Waals surface area contributed by atoms with Crippen molar-refractivity contribution in [1.82, 2.24) is 0 Å². The molecule has 1 unspecified atom stereocenters. The Bertz CT molecular complexity index is 671. The Hall–Kier alpha value is -2.90. The van der Waals surface area contributed by atoms with Gasteiger partial charge in [-0.2, -0.15) is 0 Å². The molecule has 2 N–H and O–H groups in total. The number of ether oxygens (including phenoxy) is 1. The van der Waals surface area contributed by atoms with Crippen LogP contribution < -0.4 is 10.6 Å². The number of nitro groups is 1. The predicted molar refractivity (Wildman–Crippen MR) is 83.7 cm³/mol. The zero-order valence-corrected chi connectivity index (χ0v) is 12.6. The van der Waals surface area contributed by atoms with Crippen LogP contribution >= 0.6 is 0 Å². The molecule has 23 heavy (non-hydrogen) atoms. The van der Waals surface area contributed by atoms with E-state index in [9.17, 15) is 19.7 Å². The quantitative estimate of drug-likeness (QED) is 0.378. The van der Waals surface area contributed by atoms with Gasteiger partial charge in [-0.1, -0.05) is 6.07 Å². The summed E-state index contributed by atoms with van der Waals surface area (Å²) < 4.78 is 4.48. The first kappa shape index (κ1) is 16.5. The van der Waals surface area contributed by atoms with Crippen molar-refractivity contribution in [2.75, 3.05) is 18.6 Å². The van der Waals surface area contributed by atoms with Crippen molar-refractivity contribution in [2.45, 2.75) is 18.9 Å². The van der Waals surface area contributed by atoms with E-state index in [0.717, 1.165) is 6.42 Å². The standard InChI is InChI=1S/C15H17N3O5/c1-23-14(19)7-5-10-4-6-11(13(9-10)18(21)22)17-8-2-3-12(17)15(16)20/h4-7,9,12H,2-3,8H2,1H3,(H2,16,20)/b7-5+. The van der Waals surface area contributed by atoms with Gasteiger partial charge in [-0.15, -0.1) is 0 Å². The summed E-state index contributed by atoms with van der Waals surface area (Å²) in [6, 6.07) is 4.02. The molecule has 1 aromatic carbocycles. The maximum absolute atomic E-state index is 11.5. The van der Waals surface area contributed by atoms with Crippen molar-refractivity contribution in [1.29, 1.82) is 0 Å². The fourth-order valence-electron chi connectivity index (χ4n) is 2.62. The number of hydrogen-bond donors (Lipinski definition) is 1. The number of primary amides is 1. The molecule has 1 aliphatic heterocycles. The van der Waals surface area contributed by atoms with Crippen molar-refractivity contribution >= 4 is 29.3 Å². The molecule has 8 heteroatoms. The maximum Gasteiger partial charge on any atom is 0.330 e. The molecule has 1 saturated heterocycles. The van der Waals surface area contributed by atoms with Crippen LogP contribution in [0.25, 0.3) is 6.08 Å². The third-order valence-electron chi connectivity index (χ3n) is 3.70. The lowest BCUT2D eigenvalue weighted by Crippen LogP contribution is -2.40. The summed E-state index contributed by atoms with van der Waals surface area (Å²) in [5.74, 6) is -1.04. The Labute approximate surface area is 132 Å². The van der Waals surface area contributed by atoms with Crippen molar-refractivity contribution in [3.8, 4) is 0 Å². The van der Waals surface area contributed by atoms with Crippen LogP contribution in [0.4, 0.5) is 11.4 Å². The SMILES string of the molecule is COC(=O)/C=C/c1ccc(N2CCCC2C(N)=O)c([N+](=O)[O-])c1. The van der Waals surface area contributed by atoms with Gasteiger partial charge in [-0.3, -0.25) is 14.9 Å². The van der Waals surface area contributed by atoms with Crippen LogP contribution in [-0.4, -0.2) is 36.5 Å². The lowest BCUT2D eigenvalue weighted by Gasteiger charge is -2.24. The van der Waals surface area contributed by atoms with E-state index in [2.05, 4.69) is 4.74 Å². The monoisotopic (exact) mass is 319 g/mol. The first-order valence-electron chi connectivity index (χ1n) is 7.04. The lowest BCUT2D eigenvalue weighted by atomic mass is 10.1. The van der Waals surface area contributed by atoms with Gasteiger partial charge in [0, 0.05) is 18.7 Å². The summed E-state index contributed by atoms with van der Waals surface area (Å²) >= 11 is 0. The number of nitrogens with two attached hydrogens (primary N) is 1. The summed E-state index contributed by atoms with van der Waals surface area (Å²) in [5.41, 5.74) is 6.07. The van der Waals surface area contributed by atoms with Crippen LogP contribution in [0.15, 0.2) is 24.3 Å². The molecular weight excluding hydrogens is 302 g/mol. The molecule has 122 valence electrons. The number of nitrogens with zero attached hydrogens (tertiary/aromatic N) is 2. The minimum Gasteiger partial charge on any atom is -0.466 e. The maximum atomic E-state index is 11.5. The van der Waals surface area contributed by atoms with Crippen LogP contribution in [-0.2, 0) is 14.3 Å². The molecule has 0 spiro atoms. The summed E-state index contributed by atoms with van der Waals surface area (Å²) in [6.45, 7) is 0.534. The lowest BCUT2D eigenvalue weighted by molar-refractivity contribution is -0.384. The number of esters is 1. The van der Waals surface area contributed by atoms with Crippen LogP contribution in [0.1, 0.15) is 18.4 Å². The minimum atomic E-state index is -0.551. The molecule has 1 aliphatic rings. The summed E-state index contributed by atoms with van der Waals surface area (Å²) in [4.78, 5) is 35.1. The van der Waals surface area contributed by atoms with E-state index in [-0.39, 0.29) is 5.69 Å². The van der Waals surface area contributed by atoms with Crippen molar-refractivity contribution in [3.63, 3.8) is 0 Å². The van der Waals surface area contributed by atoms with Gasteiger partial charge in [-0.25, -0.2) is 4.79 Å². The average Bonchev–Trinajstić information content (AvgIpc) is 3.01. The van der Waals surface area contributed by atoms with Crippen molar-refractivity contribution in [2.24, 2.45) is 5.73 Å². The molecule has 0 radical (unpaired) electrons. The van der Waals surface area contributed by atoms with Crippen LogP contribution in [0, 0.1) is 10.1 Å². The number of benzene rings is 1. The first-order chi connectivity index (χ1) is 10.9. The van der Waals surface area contributed by atoms with E-state index in [4.69, 9.17) is 5.73 Å². The summed E-state index contributed by atoms with van der Waals surface area (Å²) in [5, 5.41) is 11.3. The van der Waals surface area contributed by atoms with Gasteiger partial charge in [0.15, 0.2) is 0 Å². The van der Waals surface area contributed by atoms with E-state index < -0.39 is 22.8 Å². The number of rotatable bonds is 5.